The Balaban J connectivity index is 1.85. The zero-order valence-corrected chi connectivity index (χ0v) is 11.6. The highest BCUT2D eigenvalue weighted by Crippen LogP contribution is 2.20. The number of aryl methyl sites for hydroxylation is 1. The van der Waals surface area contributed by atoms with Crippen molar-refractivity contribution in [3.05, 3.63) is 36.0 Å². The third-order valence-corrected chi connectivity index (χ3v) is 2.96. The molecule has 104 valence electrons. The van der Waals surface area contributed by atoms with Crippen molar-refractivity contribution in [2.24, 2.45) is 0 Å². The number of aromatic amines is 1. The lowest BCUT2D eigenvalue weighted by Gasteiger charge is -2.06. The highest BCUT2D eigenvalue weighted by Gasteiger charge is 2.08. The smallest absolute Gasteiger partial charge is 0.183 e. The fourth-order valence-corrected chi connectivity index (χ4v) is 2.02. The molecule has 0 atom stereocenters. The third-order valence-electron chi connectivity index (χ3n) is 2.96. The largest absolute Gasteiger partial charge is 0.363 e. The van der Waals surface area contributed by atoms with Gasteiger partial charge in [-0.25, -0.2) is 4.98 Å². The topological polar surface area (TPSA) is 67.2 Å². The molecule has 0 aliphatic rings. The van der Waals surface area contributed by atoms with E-state index in [1.165, 1.54) is 0 Å². The molecule has 1 aromatic carbocycles. The van der Waals surface area contributed by atoms with Gasteiger partial charge in [0.1, 0.15) is 6.73 Å². The number of anilines is 1. The van der Waals surface area contributed by atoms with Crippen molar-refractivity contribution >= 4 is 11.3 Å². The molecular weight excluding hydrogens is 254 g/mol. The lowest BCUT2D eigenvalue weighted by Crippen LogP contribution is -2.05. The molecule has 6 nitrogen and oxygen atoms in total. The van der Waals surface area contributed by atoms with Gasteiger partial charge >= 0.3 is 0 Å². The van der Waals surface area contributed by atoms with Gasteiger partial charge in [0.05, 0.1) is 0 Å². The number of rotatable bonds is 5. The van der Waals surface area contributed by atoms with Crippen LogP contribution in [0.2, 0.25) is 0 Å². The average Bonchev–Trinajstić information content (AvgIpc) is 2.96. The Labute approximate surface area is 116 Å². The van der Waals surface area contributed by atoms with Crippen LogP contribution in [-0.2, 0) is 4.74 Å². The van der Waals surface area contributed by atoms with Gasteiger partial charge < -0.3 is 10.1 Å². The highest BCUT2D eigenvalue weighted by atomic mass is 16.5. The maximum absolute atomic E-state index is 5.28. The van der Waals surface area contributed by atoms with Crippen molar-refractivity contribution < 1.29 is 4.74 Å². The van der Waals surface area contributed by atoms with E-state index in [1.807, 2.05) is 44.2 Å². The fraction of sp³-hybridized carbons (Fsp3) is 0.286. The lowest BCUT2D eigenvalue weighted by molar-refractivity contribution is 0.167. The summed E-state index contributed by atoms with van der Waals surface area (Å²) >= 11 is 0. The second-order valence-corrected chi connectivity index (χ2v) is 4.54. The molecule has 0 radical (unpaired) electrons. The van der Waals surface area contributed by atoms with Crippen LogP contribution in [0.5, 0.6) is 0 Å². The average molecular weight is 271 g/mol. The standard InChI is InChI=1S/C14H17N5O/c1-3-20-9-15-12-6-4-5-11(8-12)14-16-13-7-10(2)17-19(13)18-14/h4-8,15,17H,3,9H2,1-2H3. The normalized spacial score (nSPS) is 11.1. The molecule has 20 heavy (non-hydrogen) atoms. The van der Waals surface area contributed by atoms with Crippen LogP contribution in [0.15, 0.2) is 30.3 Å². The summed E-state index contributed by atoms with van der Waals surface area (Å²) in [6.45, 7) is 5.14. The van der Waals surface area contributed by atoms with Crippen LogP contribution < -0.4 is 5.32 Å². The van der Waals surface area contributed by atoms with Crippen LogP contribution in [0.1, 0.15) is 12.6 Å². The van der Waals surface area contributed by atoms with E-state index >= 15 is 0 Å². The molecule has 2 heterocycles. The van der Waals surface area contributed by atoms with E-state index in [4.69, 9.17) is 4.74 Å². The van der Waals surface area contributed by atoms with E-state index in [0.29, 0.717) is 19.2 Å². The first-order valence-corrected chi connectivity index (χ1v) is 6.60. The maximum atomic E-state index is 5.28. The lowest BCUT2D eigenvalue weighted by atomic mass is 10.2. The molecule has 0 fully saturated rings. The van der Waals surface area contributed by atoms with E-state index in [0.717, 1.165) is 22.6 Å². The second kappa shape index (κ2) is 5.34. The first-order valence-electron chi connectivity index (χ1n) is 6.60. The Morgan fingerprint density at radius 1 is 1.35 bits per heavy atom. The Morgan fingerprint density at radius 2 is 2.25 bits per heavy atom. The molecule has 3 rings (SSSR count). The minimum absolute atomic E-state index is 0.497. The van der Waals surface area contributed by atoms with Gasteiger partial charge in [0.2, 0.25) is 0 Å². The number of fused-ring (bicyclic) bond motifs is 1. The molecule has 6 heteroatoms. The molecule has 0 aliphatic carbocycles. The summed E-state index contributed by atoms with van der Waals surface area (Å²) in [5.74, 6) is 0.705. The minimum atomic E-state index is 0.497. The molecule has 0 saturated heterocycles. The molecular formula is C14H17N5O. The summed E-state index contributed by atoms with van der Waals surface area (Å²) in [5, 5.41) is 10.7. The number of benzene rings is 1. The molecule has 0 unspecified atom stereocenters. The van der Waals surface area contributed by atoms with E-state index < -0.39 is 0 Å². The number of hydrogen-bond donors (Lipinski definition) is 2. The first-order chi connectivity index (χ1) is 9.76. The second-order valence-electron chi connectivity index (χ2n) is 4.54. The molecule has 2 N–H and O–H groups in total. The Morgan fingerprint density at radius 3 is 3.05 bits per heavy atom. The predicted octanol–water partition coefficient (Wildman–Crippen LogP) is 2.44. The monoisotopic (exact) mass is 271 g/mol. The molecule has 0 aliphatic heterocycles. The number of H-pyrrole nitrogens is 1. The van der Waals surface area contributed by atoms with Gasteiger partial charge in [0.25, 0.3) is 0 Å². The van der Waals surface area contributed by atoms with Crippen molar-refractivity contribution in [3.8, 4) is 11.4 Å². The van der Waals surface area contributed by atoms with E-state index in [-0.39, 0.29) is 0 Å². The Bertz CT molecular complexity index is 684. The van der Waals surface area contributed by atoms with E-state index in [9.17, 15) is 0 Å². The van der Waals surface area contributed by atoms with Crippen molar-refractivity contribution in [1.29, 1.82) is 0 Å². The first kappa shape index (κ1) is 12.7. The quantitative estimate of drug-likeness (QED) is 0.552. The van der Waals surface area contributed by atoms with Gasteiger partial charge in [0.15, 0.2) is 11.5 Å². The third kappa shape index (κ3) is 2.50. The molecule has 2 aromatic heterocycles. The van der Waals surface area contributed by atoms with E-state index in [2.05, 4.69) is 20.5 Å². The Kier molecular flexibility index (Phi) is 3.39. The van der Waals surface area contributed by atoms with Gasteiger partial charge in [0, 0.05) is 29.6 Å². The molecule has 0 spiro atoms. The number of aromatic nitrogens is 4. The zero-order chi connectivity index (χ0) is 13.9. The van der Waals surface area contributed by atoms with Crippen molar-refractivity contribution in [1.82, 2.24) is 19.8 Å². The van der Waals surface area contributed by atoms with Crippen molar-refractivity contribution in [2.45, 2.75) is 13.8 Å². The predicted molar refractivity (Wildman–Crippen MR) is 77.6 cm³/mol. The van der Waals surface area contributed by atoms with Gasteiger partial charge in [-0.1, -0.05) is 12.1 Å². The van der Waals surface area contributed by atoms with Crippen LogP contribution in [0.25, 0.3) is 17.0 Å². The summed E-state index contributed by atoms with van der Waals surface area (Å²) in [5.41, 5.74) is 3.83. The van der Waals surface area contributed by atoms with E-state index in [1.54, 1.807) is 4.63 Å². The number of ether oxygens (including phenoxy) is 1. The van der Waals surface area contributed by atoms with Crippen LogP contribution in [0.4, 0.5) is 5.69 Å². The highest BCUT2D eigenvalue weighted by molar-refractivity contribution is 5.63. The number of nitrogens with one attached hydrogen (secondary N) is 2. The molecule has 0 saturated carbocycles. The summed E-state index contributed by atoms with van der Waals surface area (Å²) in [6.07, 6.45) is 0. The molecule has 3 aromatic rings. The SMILES string of the molecule is CCOCNc1cccc(-c2nc3cc(C)[nH]n3n2)c1. The van der Waals surface area contributed by atoms with Crippen LogP contribution in [0.3, 0.4) is 0 Å². The number of nitrogens with zero attached hydrogens (tertiary/aromatic N) is 3. The van der Waals surface area contributed by atoms with Gasteiger partial charge in [-0.2, -0.15) is 4.63 Å². The van der Waals surface area contributed by atoms with Gasteiger partial charge in [-0.05, 0) is 26.0 Å². The van der Waals surface area contributed by atoms with Crippen LogP contribution in [0, 0.1) is 6.92 Å². The summed E-state index contributed by atoms with van der Waals surface area (Å²) < 4.78 is 6.97. The van der Waals surface area contributed by atoms with Gasteiger partial charge in [-0.15, -0.1) is 5.10 Å². The summed E-state index contributed by atoms with van der Waals surface area (Å²) in [6, 6.07) is 9.95. The van der Waals surface area contributed by atoms with Crippen molar-refractivity contribution in [3.63, 3.8) is 0 Å². The number of hydrogen-bond acceptors (Lipinski definition) is 4. The summed E-state index contributed by atoms with van der Waals surface area (Å²) in [7, 11) is 0. The Hall–Kier alpha value is -2.34. The summed E-state index contributed by atoms with van der Waals surface area (Å²) in [4.78, 5) is 4.50. The molecule has 0 bridgehead atoms. The van der Waals surface area contributed by atoms with Crippen molar-refractivity contribution in [2.75, 3.05) is 18.7 Å². The fourth-order valence-electron chi connectivity index (χ4n) is 2.02. The van der Waals surface area contributed by atoms with Crippen LogP contribution >= 0.6 is 0 Å². The van der Waals surface area contributed by atoms with Gasteiger partial charge in [-0.3, -0.25) is 5.10 Å². The minimum Gasteiger partial charge on any atom is -0.363 e. The maximum Gasteiger partial charge on any atom is 0.183 e. The molecule has 0 amide bonds. The zero-order valence-electron chi connectivity index (χ0n) is 11.6. The van der Waals surface area contributed by atoms with Crippen LogP contribution in [-0.4, -0.2) is 33.1 Å².